The summed E-state index contributed by atoms with van der Waals surface area (Å²) in [6.07, 6.45) is 0. The maximum absolute atomic E-state index is 9.04. The maximum atomic E-state index is 9.04. The van der Waals surface area contributed by atoms with E-state index in [4.69, 9.17) is 13.7 Å². The summed E-state index contributed by atoms with van der Waals surface area (Å²) in [5, 5.41) is 4.70. The summed E-state index contributed by atoms with van der Waals surface area (Å²) in [5.74, 6) is 0. The van der Waals surface area contributed by atoms with Gasteiger partial charge in [0.15, 0.2) is 0 Å². The first-order valence-corrected chi connectivity index (χ1v) is 14.2. The summed E-state index contributed by atoms with van der Waals surface area (Å²) in [6.45, 7) is 0. The number of anilines is 6. The molecule has 0 fully saturated rings. The highest BCUT2D eigenvalue weighted by molar-refractivity contribution is 6.22. The van der Waals surface area contributed by atoms with Crippen molar-refractivity contribution in [1.29, 1.82) is 0 Å². The third-order valence-corrected chi connectivity index (χ3v) is 7.77. The lowest BCUT2D eigenvalue weighted by atomic mass is 9.94. The van der Waals surface area contributed by atoms with Crippen LogP contribution in [-0.2, 0) is 0 Å². The zero-order valence-electron chi connectivity index (χ0n) is 33.4. The third-order valence-electron chi connectivity index (χ3n) is 7.77. The minimum Gasteiger partial charge on any atom is -0.310 e. The lowest BCUT2D eigenvalue weighted by Crippen LogP contribution is -2.11. The fourth-order valence-corrected chi connectivity index (χ4v) is 5.92. The van der Waals surface area contributed by atoms with Crippen LogP contribution in [-0.4, -0.2) is 0 Å². The first-order chi connectivity index (χ1) is 26.0. The van der Waals surface area contributed by atoms with Crippen molar-refractivity contribution in [2.45, 2.75) is 0 Å². The number of para-hydroxylation sites is 4. The molecule has 44 heavy (non-hydrogen) atoms. The van der Waals surface area contributed by atoms with Crippen molar-refractivity contribution in [3.8, 4) is 0 Å². The summed E-state index contributed by atoms with van der Waals surface area (Å²) in [7, 11) is 0. The normalized spacial score (nSPS) is 14.4. The molecule has 0 aromatic heterocycles. The van der Waals surface area contributed by atoms with Crippen molar-refractivity contribution in [2.75, 3.05) is 9.80 Å². The molecular formula is C42H30N2. The minimum atomic E-state index is -0.481. The molecule has 0 radical (unpaired) electrons. The van der Waals surface area contributed by atoms with Crippen LogP contribution in [0, 0.1) is 0 Å². The fraction of sp³-hybridized carbons (Fsp3) is 0. The molecule has 0 bridgehead atoms. The number of benzene rings is 8. The maximum Gasteiger partial charge on any atom is 0.0645 e. The molecular weight excluding hydrogens is 532 g/mol. The van der Waals surface area contributed by atoms with Gasteiger partial charge in [-0.15, -0.1) is 0 Å². The predicted molar refractivity (Wildman–Crippen MR) is 188 cm³/mol. The first kappa shape index (κ1) is 17.3. The summed E-state index contributed by atoms with van der Waals surface area (Å²) in [4.78, 5) is 3.43. The van der Waals surface area contributed by atoms with Gasteiger partial charge in [0.2, 0.25) is 0 Å². The molecule has 0 aliphatic heterocycles. The van der Waals surface area contributed by atoms with Crippen LogP contribution in [0.4, 0.5) is 34.1 Å². The Hall–Kier alpha value is -5.86. The molecule has 2 nitrogen and oxygen atoms in total. The van der Waals surface area contributed by atoms with Crippen molar-refractivity contribution in [1.82, 2.24) is 0 Å². The van der Waals surface area contributed by atoms with Gasteiger partial charge in [0.25, 0.3) is 0 Å². The zero-order chi connectivity index (χ0) is 38.0. The van der Waals surface area contributed by atoms with Gasteiger partial charge in [0.1, 0.15) is 0 Å². The number of hydrogen-bond acceptors (Lipinski definition) is 2. The highest BCUT2D eigenvalue weighted by atomic mass is 15.1. The highest BCUT2D eigenvalue weighted by Crippen LogP contribution is 2.47. The molecule has 8 aromatic carbocycles. The second kappa shape index (κ2) is 11.1. The van der Waals surface area contributed by atoms with Gasteiger partial charge in [-0.1, -0.05) is 121 Å². The average Bonchev–Trinajstić information content (AvgIpc) is 3.20. The summed E-state index contributed by atoms with van der Waals surface area (Å²) in [6, 6.07) is 33.6. The van der Waals surface area contributed by atoms with E-state index in [1.807, 2.05) is 115 Å². The number of nitrogens with zero attached hydrogens (tertiary/aromatic N) is 2. The third kappa shape index (κ3) is 4.45. The van der Waals surface area contributed by atoms with Crippen molar-refractivity contribution >= 4 is 66.4 Å². The monoisotopic (exact) mass is 572 g/mol. The number of fused-ring (bicyclic) bond motifs is 4. The Balaban J connectivity index is 1.50. The van der Waals surface area contributed by atoms with Gasteiger partial charge in [0.05, 0.1) is 25.1 Å². The van der Waals surface area contributed by atoms with Crippen LogP contribution >= 0.6 is 0 Å². The Bertz CT molecular complexity index is 2740. The van der Waals surface area contributed by atoms with Crippen LogP contribution in [0.2, 0.25) is 0 Å². The Labute approximate surface area is 271 Å². The SMILES string of the molecule is [2H]c1c([2H])c([2H])c(N(c2ccccc2)c2cccc3c2ccc2c(N(c4ccccc4)c4c([2H])c([2H])c([2H])c([2H])c4[2H])c4ccccc4cc23)c([2H])c1[2H]. The molecule has 0 unspecified atom stereocenters. The average molecular weight is 573 g/mol. The molecule has 0 aliphatic rings. The van der Waals surface area contributed by atoms with Crippen LogP contribution in [0.5, 0.6) is 0 Å². The van der Waals surface area contributed by atoms with Crippen molar-refractivity contribution in [3.05, 3.63) is 182 Å². The molecule has 0 heterocycles. The molecule has 0 N–H and O–H groups in total. The Morgan fingerprint density at radius 1 is 0.364 bits per heavy atom. The molecule has 0 saturated carbocycles. The van der Waals surface area contributed by atoms with Crippen LogP contribution in [0.3, 0.4) is 0 Å². The number of hydrogen-bond donors (Lipinski definition) is 0. The van der Waals surface area contributed by atoms with Crippen LogP contribution in [0.15, 0.2) is 182 Å². The quantitative estimate of drug-likeness (QED) is 0.144. The molecule has 0 aliphatic carbocycles. The van der Waals surface area contributed by atoms with E-state index in [-0.39, 0.29) is 35.5 Å². The first-order valence-electron chi connectivity index (χ1n) is 19.2. The number of rotatable bonds is 6. The van der Waals surface area contributed by atoms with E-state index in [0.717, 1.165) is 32.3 Å². The van der Waals surface area contributed by atoms with Crippen molar-refractivity contribution < 1.29 is 13.7 Å². The summed E-state index contributed by atoms with van der Waals surface area (Å²) >= 11 is 0. The van der Waals surface area contributed by atoms with Crippen LogP contribution < -0.4 is 9.80 Å². The summed E-state index contributed by atoms with van der Waals surface area (Å²) < 4.78 is 86.5. The van der Waals surface area contributed by atoms with E-state index in [1.54, 1.807) is 9.80 Å². The topological polar surface area (TPSA) is 6.48 Å². The second-order valence-electron chi connectivity index (χ2n) is 10.3. The second-order valence-corrected chi connectivity index (χ2v) is 10.3. The standard InChI is InChI=1S/C42H30N2/c1-5-17-32(18-6-1)43(33-19-7-2-8-20-33)41-27-15-26-37-38(41)28-29-39-40(37)30-31-16-13-14-25-36(31)42(39)44(34-21-9-3-10-22-34)35-23-11-4-12-24-35/h1-30H/i1D,3D,5D,6D,9D,10D,17D,18D,21D,22D. The minimum absolute atomic E-state index is 0.00939. The van der Waals surface area contributed by atoms with Gasteiger partial charge in [-0.25, -0.2) is 0 Å². The lowest BCUT2D eigenvalue weighted by molar-refractivity contribution is 1.30. The van der Waals surface area contributed by atoms with Gasteiger partial charge in [0, 0.05) is 38.9 Å². The zero-order valence-corrected chi connectivity index (χ0v) is 23.4. The lowest BCUT2D eigenvalue weighted by Gasteiger charge is -2.29. The van der Waals surface area contributed by atoms with Crippen molar-refractivity contribution in [3.63, 3.8) is 0 Å². The van der Waals surface area contributed by atoms with E-state index in [0.29, 0.717) is 22.7 Å². The predicted octanol–water partition coefficient (Wildman–Crippen LogP) is 12.1. The Morgan fingerprint density at radius 2 is 0.909 bits per heavy atom. The van der Waals surface area contributed by atoms with E-state index in [2.05, 4.69) is 6.07 Å². The smallest absolute Gasteiger partial charge is 0.0645 e. The van der Waals surface area contributed by atoms with E-state index in [9.17, 15) is 0 Å². The largest absolute Gasteiger partial charge is 0.310 e. The molecule has 0 spiro atoms. The van der Waals surface area contributed by atoms with E-state index in [1.165, 1.54) is 0 Å². The van der Waals surface area contributed by atoms with Crippen molar-refractivity contribution in [2.24, 2.45) is 0 Å². The van der Waals surface area contributed by atoms with E-state index >= 15 is 0 Å². The molecule has 2 heteroatoms. The summed E-state index contributed by atoms with van der Waals surface area (Å²) in [5.41, 5.74) is 2.41. The highest BCUT2D eigenvalue weighted by Gasteiger charge is 2.21. The molecule has 208 valence electrons. The fourth-order valence-electron chi connectivity index (χ4n) is 5.92. The Kier molecular flexibility index (Phi) is 4.36. The molecule has 0 saturated heterocycles. The molecule has 8 aromatic rings. The van der Waals surface area contributed by atoms with Gasteiger partial charge in [-0.2, -0.15) is 0 Å². The van der Waals surface area contributed by atoms with Gasteiger partial charge >= 0.3 is 0 Å². The van der Waals surface area contributed by atoms with Crippen LogP contribution in [0.25, 0.3) is 32.3 Å². The van der Waals surface area contributed by atoms with Gasteiger partial charge in [-0.3, -0.25) is 0 Å². The molecule has 0 atom stereocenters. The Morgan fingerprint density at radius 3 is 1.59 bits per heavy atom. The van der Waals surface area contributed by atoms with Gasteiger partial charge in [-0.05, 0) is 76.7 Å². The molecule has 0 amide bonds. The van der Waals surface area contributed by atoms with E-state index < -0.39 is 36.3 Å². The molecule has 8 rings (SSSR count). The van der Waals surface area contributed by atoms with Crippen LogP contribution in [0.1, 0.15) is 13.7 Å². The van der Waals surface area contributed by atoms with Gasteiger partial charge < -0.3 is 9.80 Å².